The Morgan fingerprint density at radius 1 is 0.967 bits per heavy atom. The molecule has 0 saturated heterocycles. The van der Waals surface area contributed by atoms with Crippen LogP contribution in [0.15, 0.2) is 78.0 Å². The van der Waals surface area contributed by atoms with Gasteiger partial charge in [0.2, 0.25) is 0 Å². The van der Waals surface area contributed by atoms with E-state index in [1.807, 2.05) is 48.3 Å². The fourth-order valence-corrected chi connectivity index (χ4v) is 3.68. The van der Waals surface area contributed by atoms with Crippen LogP contribution in [-0.2, 0) is 5.54 Å². The summed E-state index contributed by atoms with van der Waals surface area (Å²) >= 11 is 0. The van der Waals surface area contributed by atoms with E-state index in [1.54, 1.807) is 18.5 Å². The molecule has 0 aliphatic carbocycles. The van der Waals surface area contributed by atoms with E-state index < -0.39 is 11.9 Å². The standard InChI is InChI=1S/C22H19F3N4O/c1-29-14-21(28-20(29)26,17-8-10-27-11-9-17)18-6-2-4-15(12-18)16-5-3-7-19(13-16)30-22(23,24)25/h2-13H,14H2,1H3,(H2,26,28). The van der Waals surface area contributed by atoms with Crippen LogP contribution in [0.1, 0.15) is 11.1 Å². The van der Waals surface area contributed by atoms with Crippen molar-refractivity contribution >= 4 is 5.96 Å². The molecule has 0 radical (unpaired) electrons. The SMILES string of the molecule is CN1CC(c2ccncc2)(c2cccc(-c3cccc(OC(F)(F)F)c3)c2)N=C1N. The maximum atomic E-state index is 12.6. The number of aromatic nitrogens is 1. The van der Waals surface area contributed by atoms with E-state index in [2.05, 4.69) is 9.72 Å². The van der Waals surface area contributed by atoms with Crippen LogP contribution in [0.4, 0.5) is 13.2 Å². The highest BCUT2D eigenvalue weighted by atomic mass is 19.4. The number of alkyl halides is 3. The number of benzene rings is 2. The summed E-state index contributed by atoms with van der Waals surface area (Å²) in [6.07, 6.45) is -1.35. The Morgan fingerprint density at radius 3 is 2.27 bits per heavy atom. The van der Waals surface area contributed by atoms with Crippen molar-refractivity contribution in [3.05, 3.63) is 84.2 Å². The third kappa shape index (κ3) is 3.80. The monoisotopic (exact) mass is 412 g/mol. The lowest BCUT2D eigenvalue weighted by atomic mass is 9.83. The number of nitrogens with zero attached hydrogens (tertiary/aromatic N) is 3. The number of hydrogen-bond acceptors (Lipinski definition) is 5. The normalized spacial score (nSPS) is 18.9. The fourth-order valence-electron chi connectivity index (χ4n) is 3.68. The zero-order valence-electron chi connectivity index (χ0n) is 16.1. The first-order valence-corrected chi connectivity index (χ1v) is 9.20. The maximum Gasteiger partial charge on any atom is 0.573 e. The number of pyridine rings is 1. The molecule has 2 N–H and O–H groups in total. The molecule has 0 fully saturated rings. The third-order valence-electron chi connectivity index (χ3n) is 5.06. The predicted molar refractivity (Wildman–Crippen MR) is 108 cm³/mol. The second-order valence-electron chi connectivity index (χ2n) is 7.08. The van der Waals surface area contributed by atoms with Gasteiger partial charge < -0.3 is 15.4 Å². The summed E-state index contributed by atoms with van der Waals surface area (Å²) in [6, 6.07) is 17.2. The number of halogens is 3. The van der Waals surface area contributed by atoms with E-state index in [-0.39, 0.29) is 5.75 Å². The summed E-state index contributed by atoms with van der Waals surface area (Å²) in [5, 5.41) is 0. The van der Waals surface area contributed by atoms with Gasteiger partial charge in [-0.25, -0.2) is 4.99 Å². The molecule has 0 spiro atoms. The van der Waals surface area contributed by atoms with Crippen LogP contribution in [0.3, 0.4) is 0 Å². The molecule has 1 aliphatic heterocycles. The molecule has 154 valence electrons. The van der Waals surface area contributed by atoms with Gasteiger partial charge >= 0.3 is 6.36 Å². The van der Waals surface area contributed by atoms with Gasteiger partial charge in [-0.05, 0) is 52.6 Å². The fraction of sp³-hybridized carbons (Fsp3) is 0.182. The van der Waals surface area contributed by atoms with E-state index in [9.17, 15) is 13.2 Å². The van der Waals surface area contributed by atoms with Crippen molar-refractivity contribution in [2.24, 2.45) is 10.7 Å². The Hall–Kier alpha value is -3.55. The Kier molecular flexibility index (Phi) is 4.85. The largest absolute Gasteiger partial charge is 0.573 e. The highest BCUT2D eigenvalue weighted by Crippen LogP contribution is 2.39. The predicted octanol–water partition coefficient (Wildman–Crippen LogP) is 4.15. The van der Waals surface area contributed by atoms with Gasteiger partial charge in [0.25, 0.3) is 0 Å². The number of aliphatic imine (C=N–C) groups is 1. The van der Waals surface area contributed by atoms with Crippen molar-refractivity contribution in [3.8, 4) is 16.9 Å². The van der Waals surface area contributed by atoms with Gasteiger partial charge in [-0.3, -0.25) is 4.98 Å². The Balaban J connectivity index is 1.79. The van der Waals surface area contributed by atoms with Crippen LogP contribution in [0, 0.1) is 0 Å². The molecule has 4 rings (SSSR count). The summed E-state index contributed by atoms with van der Waals surface area (Å²) in [4.78, 5) is 10.7. The van der Waals surface area contributed by atoms with Crippen molar-refractivity contribution in [2.45, 2.75) is 11.9 Å². The minimum absolute atomic E-state index is 0.267. The lowest BCUT2D eigenvalue weighted by Gasteiger charge is -2.28. The molecule has 2 heterocycles. The molecule has 2 aromatic carbocycles. The van der Waals surface area contributed by atoms with Crippen molar-refractivity contribution in [2.75, 3.05) is 13.6 Å². The van der Waals surface area contributed by atoms with Crippen LogP contribution in [0.25, 0.3) is 11.1 Å². The summed E-state index contributed by atoms with van der Waals surface area (Å²) in [7, 11) is 1.86. The van der Waals surface area contributed by atoms with E-state index in [1.165, 1.54) is 18.2 Å². The second kappa shape index (κ2) is 7.37. The molecule has 8 heteroatoms. The zero-order valence-corrected chi connectivity index (χ0v) is 16.1. The minimum Gasteiger partial charge on any atom is -0.406 e. The van der Waals surface area contributed by atoms with E-state index in [0.29, 0.717) is 18.1 Å². The topological polar surface area (TPSA) is 63.7 Å². The van der Waals surface area contributed by atoms with Crippen molar-refractivity contribution < 1.29 is 17.9 Å². The number of likely N-dealkylation sites (N-methyl/N-ethyl adjacent to an activating group) is 1. The Labute approximate surface area is 171 Å². The summed E-state index contributed by atoms with van der Waals surface area (Å²) in [6.45, 7) is 0.531. The third-order valence-corrected chi connectivity index (χ3v) is 5.06. The molecule has 30 heavy (non-hydrogen) atoms. The highest BCUT2D eigenvalue weighted by molar-refractivity contribution is 5.82. The van der Waals surface area contributed by atoms with Gasteiger partial charge in [0.15, 0.2) is 5.96 Å². The van der Waals surface area contributed by atoms with E-state index in [0.717, 1.165) is 16.7 Å². The Bertz CT molecular complexity index is 1080. The smallest absolute Gasteiger partial charge is 0.406 e. The molecule has 0 bridgehead atoms. The van der Waals surface area contributed by atoms with Crippen molar-refractivity contribution in [1.29, 1.82) is 0 Å². The lowest BCUT2D eigenvalue weighted by Crippen LogP contribution is -2.34. The quantitative estimate of drug-likeness (QED) is 0.699. The second-order valence-corrected chi connectivity index (χ2v) is 7.08. The van der Waals surface area contributed by atoms with Gasteiger partial charge in [0, 0.05) is 19.4 Å². The van der Waals surface area contributed by atoms with Gasteiger partial charge in [-0.2, -0.15) is 0 Å². The molecule has 1 aromatic heterocycles. The average Bonchev–Trinajstić information content (AvgIpc) is 3.03. The molecule has 0 amide bonds. The van der Waals surface area contributed by atoms with Crippen LogP contribution >= 0.6 is 0 Å². The van der Waals surface area contributed by atoms with Crippen LogP contribution < -0.4 is 10.5 Å². The van der Waals surface area contributed by atoms with Crippen molar-refractivity contribution in [3.63, 3.8) is 0 Å². The molecule has 1 aliphatic rings. The molecule has 1 unspecified atom stereocenters. The highest BCUT2D eigenvalue weighted by Gasteiger charge is 2.41. The minimum atomic E-state index is -4.74. The number of guanidine groups is 1. The number of hydrogen-bond donors (Lipinski definition) is 1. The van der Waals surface area contributed by atoms with Crippen LogP contribution in [0.2, 0.25) is 0 Å². The zero-order chi connectivity index (χ0) is 21.4. The van der Waals surface area contributed by atoms with E-state index >= 15 is 0 Å². The van der Waals surface area contributed by atoms with E-state index in [4.69, 9.17) is 10.7 Å². The van der Waals surface area contributed by atoms with Crippen molar-refractivity contribution in [1.82, 2.24) is 9.88 Å². The summed E-state index contributed by atoms with van der Waals surface area (Å²) in [5.41, 5.74) is 8.51. The van der Waals surface area contributed by atoms with Crippen LogP contribution in [-0.4, -0.2) is 35.8 Å². The molecule has 5 nitrogen and oxygen atoms in total. The number of nitrogens with two attached hydrogens (primary N) is 1. The van der Waals surface area contributed by atoms with Gasteiger partial charge in [-0.15, -0.1) is 13.2 Å². The molecular weight excluding hydrogens is 393 g/mol. The van der Waals surface area contributed by atoms with Gasteiger partial charge in [-0.1, -0.05) is 30.3 Å². The Morgan fingerprint density at radius 2 is 1.63 bits per heavy atom. The molecular formula is C22H19F3N4O. The van der Waals surface area contributed by atoms with Gasteiger partial charge in [0.1, 0.15) is 11.3 Å². The number of ether oxygens (including phenoxy) is 1. The average molecular weight is 412 g/mol. The first kappa shape index (κ1) is 19.8. The summed E-state index contributed by atoms with van der Waals surface area (Å²) in [5.74, 6) is 0.148. The molecule has 1 atom stereocenters. The molecule has 3 aromatic rings. The first-order chi connectivity index (χ1) is 14.3. The lowest BCUT2D eigenvalue weighted by molar-refractivity contribution is -0.274. The number of rotatable bonds is 4. The molecule has 0 saturated carbocycles. The maximum absolute atomic E-state index is 12.6. The summed E-state index contributed by atoms with van der Waals surface area (Å²) < 4.78 is 41.8. The van der Waals surface area contributed by atoms with Gasteiger partial charge in [0.05, 0.1) is 6.54 Å². The first-order valence-electron chi connectivity index (χ1n) is 9.20. The van der Waals surface area contributed by atoms with Crippen LogP contribution in [0.5, 0.6) is 5.75 Å².